The monoisotopic (exact) mass is 300 g/mol. The molecule has 1 unspecified atom stereocenters. The molecule has 0 saturated carbocycles. The maximum absolute atomic E-state index is 13.5. The number of anilines is 1. The molecule has 1 aromatic rings. The predicted molar refractivity (Wildman–Crippen MR) is 74.4 cm³/mol. The number of amides is 2. The SMILES string of the molecule is CC(C)CC(C)NC(=O)Nc1cc(C(=O)O)c(F)cc1F. The normalized spacial score (nSPS) is 12.1. The topological polar surface area (TPSA) is 78.4 Å². The van der Waals surface area contributed by atoms with E-state index in [4.69, 9.17) is 5.11 Å². The Bertz CT molecular complexity index is 547. The maximum atomic E-state index is 13.5. The Kier molecular flexibility index (Phi) is 5.63. The lowest BCUT2D eigenvalue weighted by Gasteiger charge is -2.16. The molecular weight excluding hydrogens is 282 g/mol. The van der Waals surface area contributed by atoms with Crippen LogP contribution in [0.2, 0.25) is 0 Å². The second-order valence-corrected chi connectivity index (χ2v) is 5.25. The van der Waals surface area contributed by atoms with Gasteiger partial charge in [0.2, 0.25) is 0 Å². The molecule has 3 N–H and O–H groups in total. The van der Waals surface area contributed by atoms with Crippen LogP contribution in [0.3, 0.4) is 0 Å². The highest BCUT2D eigenvalue weighted by Crippen LogP contribution is 2.19. The van der Waals surface area contributed by atoms with Gasteiger partial charge in [0.15, 0.2) is 0 Å². The van der Waals surface area contributed by atoms with Crippen molar-refractivity contribution in [2.45, 2.75) is 33.2 Å². The van der Waals surface area contributed by atoms with Crippen LogP contribution in [-0.2, 0) is 0 Å². The molecule has 0 aliphatic rings. The minimum absolute atomic E-state index is 0.132. The minimum atomic E-state index is -1.54. The lowest BCUT2D eigenvalue weighted by molar-refractivity contribution is 0.0691. The van der Waals surface area contributed by atoms with E-state index in [1.807, 2.05) is 13.8 Å². The number of hydrogen-bond donors (Lipinski definition) is 3. The van der Waals surface area contributed by atoms with Gasteiger partial charge in [-0.05, 0) is 25.3 Å². The van der Waals surface area contributed by atoms with E-state index in [2.05, 4.69) is 10.6 Å². The fraction of sp³-hybridized carbons (Fsp3) is 0.429. The number of benzene rings is 1. The summed E-state index contributed by atoms with van der Waals surface area (Å²) in [6.07, 6.45) is 0.736. The third kappa shape index (κ3) is 5.02. The zero-order valence-corrected chi connectivity index (χ0v) is 12.0. The smallest absolute Gasteiger partial charge is 0.338 e. The number of carbonyl (C=O) groups excluding carboxylic acids is 1. The van der Waals surface area contributed by atoms with Crippen LogP contribution in [0.25, 0.3) is 0 Å². The molecule has 1 aromatic carbocycles. The number of urea groups is 1. The van der Waals surface area contributed by atoms with Crippen LogP contribution in [0.15, 0.2) is 12.1 Å². The van der Waals surface area contributed by atoms with E-state index in [1.165, 1.54) is 0 Å². The summed E-state index contributed by atoms with van der Waals surface area (Å²) in [5, 5.41) is 13.5. The van der Waals surface area contributed by atoms with Gasteiger partial charge in [-0.15, -0.1) is 0 Å². The first-order chi connectivity index (χ1) is 9.70. The van der Waals surface area contributed by atoms with Crippen molar-refractivity contribution in [2.24, 2.45) is 5.92 Å². The summed E-state index contributed by atoms with van der Waals surface area (Å²) in [5.74, 6) is -3.39. The van der Waals surface area contributed by atoms with Gasteiger partial charge >= 0.3 is 12.0 Å². The third-order valence-corrected chi connectivity index (χ3v) is 2.74. The summed E-state index contributed by atoms with van der Waals surface area (Å²) in [4.78, 5) is 22.5. The molecule has 0 saturated heterocycles. The van der Waals surface area contributed by atoms with Crippen molar-refractivity contribution in [1.82, 2.24) is 5.32 Å². The number of halogens is 2. The number of rotatable bonds is 5. The van der Waals surface area contributed by atoms with Crippen LogP contribution in [0.5, 0.6) is 0 Å². The first-order valence-electron chi connectivity index (χ1n) is 6.50. The number of carboxylic acid groups (broad SMARTS) is 1. The van der Waals surface area contributed by atoms with E-state index in [-0.39, 0.29) is 11.7 Å². The van der Waals surface area contributed by atoms with Gasteiger partial charge < -0.3 is 15.7 Å². The quantitative estimate of drug-likeness (QED) is 0.781. The minimum Gasteiger partial charge on any atom is -0.478 e. The molecule has 5 nitrogen and oxygen atoms in total. The van der Waals surface area contributed by atoms with E-state index in [9.17, 15) is 18.4 Å². The van der Waals surface area contributed by atoms with Gasteiger partial charge in [-0.1, -0.05) is 13.8 Å². The van der Waals surface area contributed by atoms with E-state index in [0.29, 0.717) is 12.0 Å². The fourth-order valence-electron chi connectivity index (χ4n) is 1.96. The average molecular weight is 300 g/mol. The first kappa shape index (κ1) is 16.9. The molecule has 1 atom stereocenters. The Morgan fingerprint density at radius 1 is 1.19 bits per heavy atom. The van der Waals surface area contributed by atoms with Crippen LogP contribution in [0, 0.1) is 17.6 Å². The molecule has 0 radical (unpaired) electrons. The summed E-state index contributed by atoms with van der Waals surface area (Å²) in [7, 11) is 0. The Morgan fingerprint density at radius 2 is 1.81 bits per heavy atom. The maximum Gasteiger partial charge on any atom is 0.338 e. The fourth-order valence-corrected chi connectivity index (χ4v) is 1.96. The summed E-state index contributed by atoms with van der Waals surface area (Å²) in [5.41, 5.74) is -1.09. The Hall–Kier alpha value is -2.18. The molecule has 0 aromatic heterocycles. The largest absolute Gasteiger partial charge is 0.478 e. The average Bonchev–Trinajstić information content (AvgIpc) is 2.30. The molecule has 0 aliphatic heterocycles. The zero-order chi connectivity index (χ0) is 16.2. The lowest BCUT2D eigenvalue weighted by Crippen LogP contribution is -2.37. The van der Waals surface area contributed by atoms with E-state index in [0.717, 1.165) is 12.5 Å². The molecule has 0 spiro atoms. The molecule has 0 aliphatic carbocycles. The van der Waals surface area contributed by atoms with Crippen LogP contribution >= 0.6 is 0 Å². The highest BCUT2D eigenvalue weighted by Gasteiger charge is 2.17. The Morgan fingerprint density at radius 3 is 2.33 bits per heavy atom. The van der Waals surface area contributed by atoms with E-state index < -0.39 is 29.2 Å². The number of aromatic carboxylic acids is 1. The van der Waals surface area contributed by atoms with Gasteiger partial charge in [0.1, 0.15) is 11.6 Å². The van der Waals surface area contributed by atoms with Gasteiger partial charge in [0.05, 0.1) is 11.3 Å². The van der Waals surface area contributed by atoms with Crippen LogP contribution in [0.1, 0.15) is 37.6 Å². The lowest BCUT2D eigenvalue weighted by atomic mass is 10.1. The number of carboxylic acids is 1. The summed E-state index contributed by atoms with van der Waals surface area (Å²) in [6, 6.07) is 0.369. The van der Waals surface area contributed by atoms with Gasteiger partial charge in [-0.25, -0.2) is 18.4 Å². The standard InChI is InChI=1S/C14H18F2N2O3/c1-7(2)4-8(3)17-14(21)18-12-5-9(13(19)20)10(15)6-11(12)16/h5-8H,4H2,1-3H3,(H,19,20)(H2,17,18,21). The summed E-state index contributed by atoms with van der Waals surface area (Å²) >= 11 is 0. The van der Waals surface area contributed by atoms with Crippen molar-refractivity contribution < 1.29 is 23.5 Å². The Labute approximate surface area is 121 Å². The molecule has 2 amide bonds. The van der Waals surface area contributed by atoms with Gasteiger partial charge in [0, 0.05) is 12.1 Å². The van der Waals surface area contributed by atoms with Crippen molar-refractivity contribution in [3.05, 3.63) is 29.3 Å². The highest BCUT2D eigenvalue weighted by molar-refractivity contribution is 5.93. The van der Waals surface area contributed by atoms with Crippen molar-refractivity contribution in [1.29, 1.82) is 0 Å². The molecule has 0 heterocycles. The first-order valence-corrected chi connectivity index (χ1v) is 6.50. The molecule has 7 heteroatoms. The molecule has 21 heavy (non-hydrogen) atoms. The van der Waals surface area contributed by atoms with Crippen LogP contribution in [-0.4, -0.2) is 23.1 Å². The Balaban J connectivity index is 2.81. The molecule has 0 fully saturated rings. The number of hydrogen-bond acceptors (Lipinski definition) is 2. The van der Waals surface area contributed by atoms with Crippen molar-refractivity contribution in [3.8, 4) is 0 Å². The van der Waals surface area contributed by atoms with Crippen LogP contribution in [0.4, 0.5) is 19.3 Å². The number of nitrogens with one attached hydrogen (secondary N) is 2. The summed E-state index contributed by atoms with van der Waals surface area (Å²) in [6.45, 7) is 5.78. The second-order valence-electron chi connectivity index (χ2n) is 5.25. The van der Waals surface area contributed by atoms with Gasteiger partial charge in [-0.2, -0.15) is 0 Å². The molecular formula is C14H18F2N2O3. The third-order valence-electron chi connectivity index (χ3n) is 2.74. The second kappa shape index (κ2) is 7.01. The molecule has 0 bridgehead atoms. The van der Waals surface area contributed by atoms with E-state index in [1.54, 1.807) is 6.92 Å². The predicted octanol–water partition coefficient (Wildman–Crippen LogP) is 3.22. The zero-order valence-electron chi connectivity index (χ0n) is 12.0. The van der Waals surface area contributed by atoms with Crippen molar-refractivity contribution in [3.63, 3.8) is 0 Å². The van der Waals surface area contributed by atoms with Gasteiger partial charge in [0.25, 0.3) is 0 Å². The highest BCUT2D eigenvalue weighted by atomic mass is 19.1. The summed E-state index contributed by atoms with van der Waals surface area (Å²) < 4.78 is 26.7. The van der Waals surface area contributed by atoms with Crippen molar-refractivity contribution in [2.75, 3.05) is 5.32 Å². The van der Waals surface area contributed by atoms with Gasteiger partial charge in [-0.3, -0.25) is 0 Å². The van der Waals surface area contributed by atoms with E-state index >= 15 is 0 Å². The molecule has 116 valence electrons. The number of carbonyl (C=O) groups is 2. The molecule has 1 rings (SSSR count). The van der Waals surface area contributed by atoms with Crippen molar-refractivity contribution >= 4 is 17.7 Å². The van der Waals surface area contributed by atoms with Crippen LogP contribution < -0.4 is 10.6 Å².